The van der Waals surface area contributed by atoms with Crippen LogP contribution < -0.4 is 4.74 Å². The van der Waals surface area contributed by atoms with Crippen LogP contribution in [0.5, 0.6) is 5.75 Å². The van der Waals surface area contributed by atoms with E-state index in [1.807, 2.05) is 23.1 Å². The average molecular weight is 441 g/mol. The number of pyridine rings is 1. The zero-order valence-corrected chi connectivity index (χ0v) is 18.5. The fourth-order valence-corrected chi connectivity index (χ4v) is 4.96. The molecular weight excluding hydrogens is 408 g/mol. The van der Waals surface area contributed by atoms with E-state index in [0.29, 0.717) is 38.2 Å². The molecule has 1 saturated heterocycles. The van der Waals surface area contributed by atoms with Crippen LogP contribution in [0, 0.1) is 11.3 Å². The highest BCUT2D eigenvalue weighted by molar-refractivity contribution is 5.79. The van der Waals surface area contributed by atoms with Crippen LogP contribution in [0.3, 0.4) is 0 Å². The van der Waals surface area contributed by atoms with Gasteiger partial charge in [0.15, 0.2) is 0 Å². The molecule has 2 N–H and O–H groups in total. The predicted octanol–water partition coefficient (Wildman–Crippen LogP) is 3.90. The van der Waals surface area contributed by atoms with Crippen molar-refractivity contribution >= 4 is 11.9 Å². The number of ether oxygens (including phenoxy) is 1. The summed E-state index contributed by atoms with van der Waals surface area (Å²) in [4.78, 5) is 30.6. The molecule has 2 aromatic heterocycles. The van der Waals surface area contributed by atoms with E-state index in [0.717, 1.165) is 62.3 Å². The van der Waals surface area contributed by atoms with Gasteiger partial charge in [-0.3, -0.25) is 19.7 Å². The highest BCUT2D eigenvalue weighted by Crippen LogP contribution is 2.42. The number of carbonyl (C=O) groups excluding carboxylic acids is 1. The molecule has 172 valence electrons. The summed E-state index contributed by atoms with van der Waals surface area (Å²) in [5, 5.41) is 16.4. The van der Waals surface area contributed by atoms with Crippen LogP contribution in [0.1, 0.15) is 57.8 Å². The van der Waals surface area contributed by atoms with Crippen molar-refractivity contribution in [2.24, 2.45) is 11.3 Å². The van der Waals surface area contributed by atoms with Crippen molar-refractivity contribution < 1.29 is 19.4 Å². The number of nitrogens with one attached hydrogen (secondary N) is 1. The molecule has 1 saturated carbocycles. The van der Waals surface area contributed by atoms with Gasteiger partial charge < -0.3 is 14.7 Å². The highest BCUT2D eigenvalue weighted by Gasteiger charge is 2.41. The van der Waals surface area contributed by atoms with E-state index >= 15 is 0 Å². The minimum Gasteiger partial charge on any atom is -0.492 e. The van der Waals surface area contributed by atoms with Crippen molar-refractivity contribution in [1.29, 1.82) is 0 Å². The van der Waals surface area contributed by atoms with E-state index in [2.05, 4.69) is 15.2 Å². The van der Waals surface area contributed by atoms with Crippen molar-refractivity contribution in [3.05, 3.63) is 30.6 Å². The Hall–Kier alpha value is -2.90. The maximum atomic E-state index is 12.6. The SMILES string of the molecule is O=C(CCC1(C(=O)O)CCCC1)N1CCC(CCOc2ccc(-c3ccn[nH]3)nc2)CC1. The number of carboxylic acids is 1. The zero-order chi connectivity index (χ0) is 22.4. The molecule has 8 heteroatoms. The van der Waals surface area contributed by atoms with E-state index in [4.69, 9.17) is 4.74 Å². The van der Waals surface area contributed by atoms with Gasteiger partial charge >= 0.3 is 5.97 Å². The quantitative estimate of drug-likeness (QED) is 0.612. The van der Waals surface area contributed by atoms with Gasteiger partial charge in [-0.1, -0.05) is 12.8 Å². The van der Waals surface area contributed by atoms with Crippen LogP contribution in [-0.4, -0.2) is 56.8 Å². The number of aliphatic carboxylic acids is 1. The summed E-state index contributed by atoms with van der Waals surface area (Å²) in [5.74, 6) is 0.667. The van der Waals surface area contributed by atoms with Gasteiger partial charge in [0.05, 0.1) is 29.6 Å². The third kappa shape index (κ3) is 5.29. The number of aromatic amines is 1. The number of piperidine rings is 1. The second kappa shape index (κ2) is 10.1. The Bertz CT molecular complexity index is 883. The Morgan fingerprint density at radius 1 is 1.19 bits per heavy atom. The highest BCUT2D eigenvalue weighted by atomic mass is 16.5. The van der Waals surface area contributed by atoms with Gasteiger partial charge in [0.2, 0.25) is 5.91 Å². The van der Waals surface area contributed by atoms with Crippen LogP contribution in [0.25, 0.3) is 11.4 Å². The summed E-state index contributed by atoms with van der Waals surface area (Å²) in [6.45, 7) is 2.14. The average Bonchev–Trinajstić information content (AvgIpc) is 3.52. The Labute approximate surface area is 188 Å². The Morgan fingerprint density at radius 3 is 2.59 bits per heavy atom. The predicted molar refractivity (Wildman–Crippen MR) is 119 cm³/mol. The molecule has 0 bridgehead atoms. The van der Waals surface area contributed by atoms with Gasteiger partial charge in [-0.05, 0) is 62.6 Å². The van der Waals surface area contributed by atoms with Crippen LogP contribution in [-0.2, 0) is 9.59 Å². The summed E-state index contributed by atoms with van der Waals surface area (Å²) >= 11 is 0. The third-order valence-electron chi connectivity index (χ3n) is 7.11. The molecule has 32 heavy (non-hydrogen) atoms. The van der Waals surface area contributed by atoms with Crippen molar-refractivity contribution in [2.45, 2.75) is 57.8 Å². The molecule has 2 aliphatic rings. The normalized spacial score (nSPS) is 18.6. The number of H-pyrrole nitrogens is 1. The first kappa shape index (κ1) is 22.3. The second-order valence-corrected chi connectivity index (χ2v) is 9.10. The van der Waals surface area contributed by atoms with Gasteiger partial charge in [-0.2, -0.15) is 5.10 Å². The summed E-state index contributed by atoms with van der Waals surface area (Å²) in [6, 6.07) is 5.70. The molecule has 4 rings (SSSR count). The molecule has 1 aliphatic carbocycles. The first-order chi connectivity index (χ1) is 15.6. The number of amides is 1. The van der Waals surface area contributed by atoms with Gasteiger partial charge in [-0.25, -0.2) is 0 Å². The lowest BCUT2D eigenvalue weighted by molar-refractivity contribution is -0.149. The monoisotopic (exact) mass is 440 g/mol. The molecule has 3 heterocycles. The van der Waals surface area contributed by atoms with Crippen LogP contribution in [0.15, 0.2) is 30.6 Å². The number of likely N-dealkylation sites (tertiary alicyclic amines) is 1. The van der Waals surface area contributed by atoms with Crippen LogP contribution >= 0.6 is 0 Å². The second-order valence-electron chi connectivity index (χ2n) is 9.10. The summed E-state index contributed by atoms with van der Waals surface area (Å²) in [6.07, 6.45) is 10.5. The Balaban J connectivity index is 1.15. The summed E-state index contributed by atoms with van der Waals surface area (Å²) in [5.41, 5.74) is 1.03. The molecule has 0 radical (unpaired) electrons. The number of nitrogens with zero attached hydrogens (tertiary/aromatic N) is 3. The smallest absolute Gasteiger partial charge is 0.309 e. The fourth-order valence-electron chi connectivity index (χ4n) is 4.96. The van der Waals surface area contributed by atoms with Crippen molar-refractivity contribution in [3.8, 4) is 17.1 Å². The fraction of sp³-hybridized carbons (Fsp3) is 0.583. The largest absolute Gasteiger partial charge is 0.492 e. The van der Waals surface area contributed by atoms with Gasteiger partial charge in [0.1, 0.15) is 5.75 Å². The van der Waals surface area contributed by atoms with Crippen LogP contribution in [0.4, 0.5) is 0 Å². The van der Waals surface area contributed by atoms with Gasteiger partial charge in [-0.15, -0.1) is 0 Å². The molecule has 0 unspecified atom stereocenters. The Kier molecular flexibility index (Phi) is 7.07. The molecule has 8 nitrogen and oxygen atoms in total. The number of aromatic nitrogens is 3. The maximum Gasteiger partial charge on any atom is 0.309 e. The van der Waals surface area contributed by atoms with E-state index < -0.39 is 11.4 Å². The first-order valence-corrected chi connectivity index (χ1v) is 11.7. The van der Waals surface area contributed by atoms with Gasteiger partial charge in [0.25, 0.3) is 0 Å². The summed E-state index contributed by atoms with van der Waals surface area (Å²) in [7, 11) is 0. The van der Waals surface area contributed by atoms with E-state index in [-0.39, 0.29) is 5.91 Å². The van der Waals surface area contributed by atoms with E-state index in [1.54, 1.807) is 12.4 Å². The third-order valence-corrected chi connectivity index (χ3v) is 7.11. The molecule has 2 fully saturated rings. The van der Waals surface area contributed by atoms with E-state index in [9.17, 15) is 14.7 Å². The lowest BCUT2D eigenvalue weighted by Gasteiger charge is -2.33. The number of carbonyl (C=O) groups is 2. The van der Waals surface area contributed by atoms with Crippen molar-refractivity contribution in [1.82, 2.24) is 20.1 Å². The summed E-state index contributed by atoms with van der Waals surface area (Å²) < 4.78 is 5.86. The molecule has 0 atom stereocenters. The number of hydrogen-bond donors (Lipinski definition) is 2. The minimum atomic E-state index is -0.729. The topological polar surface area (TPSA) is 108 Å². The molecule has 1 aliphatic heterocycles. The minimum absolute atomic E-state index is 0.107. The van der Waals surface area contributed by atoms with E-state index in [1.165, 1.54) is 0 Å². The van der Waals surface area contributed by atoms with Gasteiger partial charge in [0, 0.05) is 25.7 Å². The lowest BCUT2D eigenvalue weighted by Crippen LogP contribution is -2.39. The lowest BCUT2D eigenvalue weighted by atomic mass is 9.81. The molecular formula is C24H32N4O4. The standard InChI is InChI=1S/C24H32N4O4/c29-22(5-12-24(23(30)31)10-1-2-11-24)28-14-7-18(8-15-28)9-16-32-19-3-4-20(25-17-19)21-6-13-26-27-21/h3-4,6,13,17-18H,1-2,5,7-12,14-16H2,(H,26,27)(H,30,31). The number of hydrogen-bond acceptors (Lipinski definition) is 5. The van der Waals surface area contributed by atoms with Crippen molar-refractivity contribution in [3.63, 3.8) is 0 Å². The van der Waals surface area contributed by atoms with Crippen molar-refractivity contribution in [2.75, 3.05) is 19.7 Å². The Morgan fingerprint density at radius 2 is 1.97 bits per heavy atom. The zero-order valence-electron chi connectivity index (χ0n) is 18.5. The number of rotatable bonds is 9. The molecule has 1 amide bonds. The number of carboxylic acid groups (broad SMARTS) is 1. The maximum absolute atomic E-state index is 12.6. The molecule has 0 spiro atoms. The molecule has 2 aromatic rings. The van der Waals surface area contributed by atoms with Crippen LogP contribution in [0.2, 0.25) is 0 Å². The molecule has 0 aromatic carbocycles. The first-order valence-electron chi connectivity index (χ1n) is 11.7.